The number of aryl methyl sites for hydroxylation is 1. The highest BCUT2D eigenvalue weighted by Crippen LogP contribution is 2.17. The quantitative estimate of drug-likeness (QED) is 0.871. The number of anilines is 1. The third-order valence-corrected chi connectivity index (χ3v) is 2.24. The van der Waals surface area contributed by atoms with Crippen molar-refractivity contribution in [3.05, 3.63) is 53.5 Å². The van der Waals surface area contributed by atoms with Gasteiger partial charge in [-0.3, -0.25) is 4.79 Å². The zero-order valence-corrected chi connectivity index (χ0v) is 8.96. The summed E-state index contributed by atoms with van der Waals surface area (Å²) in [5.74, 6) is -1.87. The van der Waals surface area contributed by atoms with E-state index in [0.717, 1.165) is 18.2 Å². The smallest absolute Gasteiger partial charge is 0.291 e. The lowest BCUT2D eigenvalue weighted by Crippen LogP contribution is -2.13. The van der Waals surface area contributed by atoms with Crippen LogP contribution < -0.4 is 5.32 Å². The minimum absolute atomic E-state index is 0.0775. The average Bonchev–Trinajstić information content (AvgIpc) is 2.70. The molecule has 0 unspecified atom stereocenters. The maximum atomic E-state index is 13.3. The molecule has 17 heavy (non-hydrogen) atoms. The maximum Gasteiger partial charge on any atom is 0.291 e. The Morgan fingerprint density at radius 1 is 1.29 bits per heavy atom. The van der Waals surface area contributed by atoms with Crippen molar-refractivity contribution in [3.63, 3.8) is 0 Å². The predicted octanol–water partition coefficient (Wildman–Crippen LogP) is 3.12. The van der Waals surface area contributed by atoms with Gasteiger partial charge in [0.25, 0.3) is 5.91 Å². The maximum absolute atomic E-state index is 13.3. The molecule has 0 radical (unpaired) electrons. The molecule has 0 saturated heterocycles. The molecule has 0 aliphatic carbocycles. The number of carbonyl (C=O) groups excluding carboxylic acids is 1. The molecule has 0 aliphatic rings. The van der Waals surface area contributed by atoms with E-state index in [1.54, 1.807) is 13.0 Å². The lowest BCUT2D eigenvalue weighted by Gasteiger charge is -2.05. The molecule has 1 aromatic heterocycles. The number of nitrogens with one attached hydrogen (secondary N) is 1. The number of halogens is 2. The van der Waals surface area contributed by atoms with Crippen LogP contribution in [0.4, 0.5) is 14.5 Å². The Kier molecular flexibility index (Phi) is 2.91. The van der Waals surface area contributed by atoms with E-state index in [2.05, 4.69) is 5.32 Å². The highest BCUT2D eigenvalue weighted by Gasteiger charge is 2.14. The summed E-state index contributed by atoms with van der Waals surface area (Å²) in [6, 6.07) is 4.44. The highest BCUT2D eigenvalue weighted by atomic mass is 19.1. The van der Waals surface area contributed by atoms with E-state index in [9.17, 15) is 13.6 Å². The van der Waals surface area contributed by atoms with Crippen molar-refractivity contribution in [1.29, 1.82) is 0 Å². The largest absolute Gasteiger partial charge is 0.459 e. The van der Waals surface area contributed by atoms with Crippen molar-refractivity contribution in [2.24, 2.45) is 0 Å². The minimum Gasteiger partial charge on any atom is -0.459 e. The molecule has 88 valence electrons. The molecule has 0 aliphatic heterocycles. The van der Waals surface area contributed by atoms with Crippen LogP contribution in [-0.2, 0) is 0 Å². The van der Waals surface area contributed by atoms with E-state index in [4.69, 9.17) is 4.42 Å². The first-order chi connectivity index (χ1) is 8.08. The zero-order valence-electron chi connectivity index (χ0n) is 8.96. The molecular weight excluding hydrogens is 228 g/mol. The summed E-state index contributed by atoms with van der Waals surface area (Å²) in [5.41, 5.74) is 0.408. The average molecular weight is 237 g/mol. The fourth-order valence-electron chi connectivity index (χ4n) is 1.38. The van der Waals surface area contributed by atoms with Gasteiger partial charge in [0.2, 0.25) is 0 Å². The van der Waals surface area contributed by atoms with E-state index >= 15 is 0 Å². The van der Waals surface area contributed by atoms with Crippen LogP contribution in [0.2, 0.25) is 0 Å². The third-order valence-electron chi connectivity index (χ3n) is 2.24. The topological polar surface area (TPSA) is 42.2 Å². The van der Waals surface area contributed by atoms with Gasteiger partial charge >= 0.3 is 0 Å². The monoisotopic (exact) mass is 237 g/mol. The molecule has 0 fully saturated rings. The Balaban J connectivity index is 2.24. The Morgan fingerprint density at radius 3 is 2.71 bits per heavy atom. The van der Waals surface area contributed by atoms with Crippen LogP contribution in [0.3, 0.4) is 0 Å². The van der Waals surface area contributed by atoms with Gasteiger partial charge in [0.05, 0.1) is 12.0 Å². The van der Waals surface area contributed by atoms with E-state index < -0.39 is 17.5 Å². The minimum atomic E-state index is -0.705. The number of carbonyl (C=O) groups is 1. The summed E-state index contributed by atoms with van der Waals surface area (Å²) in [4.78, 5) is 11.7. The molecule has 0 atom stereocenters. The highest BCUT2D eigenvalue weighted by molar-refractivity contribution is 6.03. The third kappa shape index (κ3) is 2.33. The van der Waals surface area contributed by atoms with Gasteiger partial charge < -0.3 is 9.73 Å². The first kappa shape index (κ1) is 11.3. The van der Waals surface area contributed by atoms with Crippen LogP contribution in [0.5, 0.6) is 0 Å². The van der Waals surface area contributed by atoms with E-state index in [1.165, 1.54) is 6.26 Å². The van der Waals surface area contributed by atoms with Crippen LogP contribution in [0.15, 0.2) is 34.9 Å². The summed E-state index contributed by atoms with van der Waals surface area (Å²) in [7, 11) is 0. The number of hydrogen-bond donors (Lipinski definition) is 1. The predicted molar refractivity (Wildman–Crippen MR) is 57.8 cm³/mol. The van der Waals surface area contributed by atoms with Gasteiger partial charge in [-0.25, -0.2) is 8.78 Å². The second-order valence-corrected chi connectivity index (χ2v) is 3.51. The van der Waals surface area contributed by atoms with Crippen molar-refractivity contribution < 1.29 is 18.0 Å². The van der Waals surface area contributed by atoms with Crippen LogP contribution >= 0.6 is 0 Å². The first-order valence-corrected chi connectivity index (χ1v) is 4.88. The molecule has 1 aromatic carbocycles. The zero-order chi connectivity index (χ0) is 12.4. The van der Waals surface area contributed by atoms with E-state index in [1.807, 2.05) is 0 Å². The molecule has 2 aromatic rings. The van der Waals surface area contributed by atoms with Gasteiger partial charge in [-0.1, -0.05) is 0 Å². The second kappa shape index (κ2) is 4.37. The number of amides is 1. The molecule has 0 spiro atoms. The molecule has 0 saturated carbocycles. The van der Waals surface area contributed by atoms with Crippen molar-refractivity contribution >= 4 is 11.6 Å². The molecule has 1 N–H and O–H groups in total. The van der Waals surface area contributed by atoms with Gasteiger partial charge in [0.1, 0.15) is 11.6 Å². The standard InChI is InChI=1S/C12H9F2NO2/c1-7-4-5-17-11(7)12(16)15-10-6-8(13)2-3-9(10)14/h2-6H,1H3,(H,15,16). The molecule has 2 rings (SSSR count). The lowest BCUT2D eigenvalue weighted by atomic mass is 10.2. The van der Waals surface area contributed by atoms with Gasteiger partial charge in [0, 0.05) is 11.6 Å². The van der Waals surface area contributed by atoms with Gasteiger partial charge in [-0.15, -0.1) is 0 Å². The van der Waals surface area contributed by atoms with Gasteiger partial charge in [0.15, 0.2) is 5.76 Å². The molecule has 0 bridgehead atoms. The summed E-state index contributed by atoms with van der Waals surface area (Å²) in [6.45, 7) is 1.68. The Bertz CT molecular complexity index is 563. The second-order valence-electron chi connectivity index (χ2n) is 3.51. The SMILES string of the molecule is Cc1ccoc1C(=O)Nc1cc(F)ccc1F. The molecule has 3 nitrogen and oxygen atoms in total. The number of hydrogen-bond acceptors (Lipinski definition) is 2. The van der Waals surface area contributed by atoms with Crippen LogP contribution in [0.1, 0.15) is 16.1 Å². The van der Waals surface area contributed by atoms with Crippen LogP contribution in [0.25, 0.3) is 0 Å². The van der Waals surface area contributed by atoms with Crippen LogP contribution in [-0.4, -0.2) is 5.91 Å². The van der Waals surface area contributed by atoms with Gasteiger partial charge in [-0.2, -0.15) is 0 Å². The van der Waals surface area contributed by atoms with E-state index in [-0.39, 0.29) is 11.4 Å². The number of furan rings is 1. The molecule has 1 heterocycles. The van der Waals surface area contributed by atoms with Crippen molar-refractivity contribution in [2.75, 3.05) is 5.32 Å². The summed E-state index contributed by atoms with van der Waals surface area (Å²) in [6.07, 6.45) is 1.35. The van der Waals surface area contributed by atoms with Crippen molar-refractivity contribution in [3.8, 4) is 0 Å². The molecule has 5 heteroatoms. The van der Waals surface area contributed by atoms with Crippen molar-refractivity contribution in [2.45, 2.75) is 6.92 Å². The summed E-state index contributed by atoms with van der Waals surface area (Å²) in [5, 5.41) is 2.25. The fraction of sp³-hybridized carbons (Fsp3) is 0.0833. The Hall–Kier alpha value is -2.17. The first-order valence-electron chi connectivity index (χ1n) is 4.88. The lowest BCUT2D eigenvalue weighted by molar-refractivity contribution is 0.0995. The van der Waals surface area contributed by atoms with Crippen LogP contribution in [0, 0.1) is 18.6 Å². The Labute approximate surface area is 96.1 Å². The number of benzene rings is 1. The normalized spacial score (nSPS) is 10.3. The Morgan fingerprint density at radius 2 is 2.06 bits per heavy atom. The van der Waals surface area contributed by atoms with Gasteiger partial charge in [-0.05, 0) is 25.1 Å². The fourth-order valence-corrected chi connectivity index (χ4v) is 1.38. The molecular formula is C12H9F2NO2. The number of rotatable bonds is 2. The summed E-state index contributed by atoms with van der Waals surface area (Å²) >= 11 is 0. The molecule has 1 amide bonds. The van der Waals surface area contributed by atoms with E-state index in [0.29, 0.717) is 5.56 Å². The summed E-state index contributed by atoms with van der Waals surface area (Å²) < 4.78 is 31.1. The van der Waals surface area contributed by atoms with Crippen molar-refractivity contribution in [1.82, 2.24) is 0 Å².